The predicted octanol–water partition coefficient (Wildman–Crippen LogP) is 0.775. The van der Waals surface area contributed by atoms with E-state index in [1.165, 1.54) is 0 Å². The highest BCUT2D eigenvalue weighted by atomic mass is 17.1. The van der Waals surface area contributed by atoms with E-state index in [9.17, 15) is 10.0 Å². The highest BCUT2D eigenvalue weighted by molar-refractivity contribution is 5.72. The number of aliphatic carboxylic acids is 1. The third-order valence-corrected chi connectivity index (χ3v) is 1.96. The molecular weight excluding hydrogens is 202 g/mol. The first-order chi connectivity index (χ1) is 6.91. The van der Waals surface area contributed by atoms with Gasteiger partial charge >= 0.3 is 5.97 Å². The van der Waals surface area contributed by atoms with Gasteiger partial charge in [-0.05, 0) is 5.56 Å². The number of quaternary nitrogens is 1. The molecule has 0 spiro atoms. The lowest BCUT2D eigenvalue weighted by Crippen LogP contribution is -2.50. The van der Waals surface area contributed by atoms with Gasteiger partial charge in [-0.25, -0.2) is 4.79 Å². The van der Waals surface area contributed by atoms with E-state index in [0.29, 0.717) is 5.56 Å². The molecule has 6 heteroatoms. The number of nitrogens with zero attached hydrogens (tertiary/aromatic N) is 1. The van der Waals surface area contributed by atoms with Crippen LogP contribution in [0.15, 0.2) is 30.3 Å². The Balaban J connectivity index is 2.82. The number of hydrogen-bond acceptors (Lipinski definition) is 4. The molecule has 0 aromatic heterocycles. The molecule has 0 radical (unpaired) electrons. The largest absolute Gasteiger partial charge is 0.564 e. The molecular formula is C9H11NO5. The van der Waals surface area contributed by atoms with E-state index in [0.717, 1.165) is 0 Å². The van der Waals surface area contributed by atoms with Crippen LogP contribution in [0.25, 0.3) is 0 Å². The number of benzene rings is 1. The van der Waals surface area contributed by atoms with Crippen molar-refractivity contribution in [2.75, 3.05) is 0 Å². The van der Waals surface area contributed by atoms with Crippen LogP contribution in [-0.4, -0.2) is 32.5 Å². The minimum Gasteiger partial charge on any atom is -0.564 e. The lowest BCUT2D eigenvalue weighted by Gasteiger charge is -2.29. The third kappa shape index (κ3) is 3.30. The molecule has 15 heavy (non-hydrogen) atoms. The number of rotatable bonds is 4. The summed E-state index contributed by atoms with van der Waals surface area (Å²) in [4.78, 5) is 7.80. The average Bonchev–Trinajstić information content (AvgIpc) is 2.13. The second kappa shape index (κ2) is 4.37. The molecule has 1 atom stereocenters. The number of hydrogen-bond donors (Lipinski definition) is 3. The SMILES string of the molecule is O=C(O)[C@H](Cc1ccccc1)[N+]([O-])(O)O. The average molecular weight is 213 g/mol. The minimum absolute atomic E-state index is 0.243. The monoisotopic (exact) mass is 213 g/mol. The van der Waals surface area contributed by atoms with Gasteiger partial charge in [-0.1, -0.05) is 35.3 Å². The first-order valence-electron chi connectivity index (χ1n) is 4.23. The minimum atomic E-state index is -2.82. The van der Waals surface area contributed by atoms with Crippen molar-refractivity contribution in [3.05, 3.63) is 41.1 Å². The Morgan fingerprint density at radius 1 is 1.33 bits per heavy atom. The Hall–Kier alpha value is -1.47. The van der Waals surface area contributed by atoms with Crippen molar-refractivity contribution in [2.45, 2.75) is 12.5 Å². The van der Waals surface area contributed by atoms with Gasteiger partial charge in [0.25, 0.3) is 6.04 Å². The number of carbonyl (C=O) groups is 1. The molecule has 6 nitrogen and oxygen atoms in total. The van der Waals surface area contributed by atoms with Gasteiger partial charge < -0.3 is 10.3 Å². The molecule has 0 aliphatic rings. The van der Waals surface area contributed by atoms with E-state index < -0.39 is 17.0 Å². The fourth-order valence-electron chi connectivity index (χ4n) is 1.19. The van der Waals surface area contributed by atoms with Gasteiger partial charge in [0.05, 0.1) is 0 Å². The normalized spacial score (nSPS) is 13.5. The topological polar surface area (TPSA) is 101 Å². The van der Waals surface area contributed by atoms with Gasteiger partial charge in [0.2, 0.25) is 0 Å². The summed E-state index contributed by atoms with van der Waals surface area (Å²) in [5.41, 5.74) is 0.548. The Morgan fingerprint density at radius 2 is 1.87 bits per heavy atom. The van der Waals surface area contributed by atoms with Crippen LogP contribution in [0.4, 0.5) is 0 Å². The van der Waals surface area contributed by atoms with Gasteiger partial charge in [-0.2, -0.15) is 10.4 Å². The molecule has 1 aromatic rings. The summed E-state index contributed by atoms with van der Waals surface area (Å²) in [5, 5.41) is 36.7. The fourth-order valence-corrected chi connectivity index (χ4v) is 1.19. The van der Waals surface area contributed by atoms with Crippen molar-refractivity contribution in [1.82, 2.24) is 0 Å². The zero-order valence-electron chi connectivity index (χ0n) is 7.78. The van der Waals surface area contributed by atoms with Crippen LogP contribution in [0, 0.1) is 5.21 Å². The zero-order valence-corrected chi connectivity index (χ0v) is 7.78. The molecule has 1 rings (SSSR count). The van der Waals surface area contributed by atoms with Crippen molar-refractivity contribution in [3.8, 4) is 0 Å². The molecule has 3 N–H and O–H groups in total. The van der Waals surface area contributed by atoms with E-state index in [4.69, 9.17) is 15.5 Å². The van der Waals surface area contributed by atoms with Crippen molar-refractivity contribution >= 4 is 5.97 Å². The molecule has 0 unspecified atom stereocenters. The highest BCUT2D eigenvalue weighted by Crippen LogP contribution is 2.11. The molecule has 0 heterocycles. The zero-order chi connectivity index (χ0) is 11.5. The van der Waals surface area contributed by atoms with Crippen LogP contribution in [0.1, 0.15) is 5.56 Å². The summed E-state index contributed by atoms with van der Waals surface area (Å²) in [5.74, 6) is -1.56. The smallest absolute Gasteiger partial charge is 0.369 e. The summed E-state index contributed by atoms with van der Waals surface area (Å²) in [7, 11) is 0. The molecule has 0 aliphatic heterocycles. The van der Waals surface area contributed by atoms with Crippen molar-refractivity contribution < 1.29 is 25.3 Å². The Morgan fingerprint density at radius 3 is 2.27 bits per heavy atom. The van der Waals surface area contributed by atoms with Crippen LogP contribution in [0.5, 0.6) is 0 Å². The summed E-state index contributed by atoms with van der Waals surface area (Å²) in [6.45, 7) is 0. The Kier molecular flexibility index (Phi) is 3.38. The lowest BCUT2D eigenvalue weighted by molar-refractivity contribution is -1.22. The second-order valence-electron chi connectivity index (χ2n) is 3.13. The highest BCUT2D eigenvalue weighted by Gasteiger charge is 2.34. The molecule has 0 bridgehead atoms. The van der Waals surface area contributed by atoms with Crippen LogP contribution >= 0.6 is 0 Å². The van der Waals surface area contributed by atoms with E-state index in [1.807, 2.05) is 0 Å². The van der Waals surface area contributed by atoms with Gasteiger partial charge in [-0.15, -0.1) is 0 Å². The van der Waals surface area contributed by atoms with Crippen molar-refractivity contribution in [1.29, 1.82) is 0 Å². The van der Waals surface area contributed by atoms with Gasteiger partial charge in [0.1, 0.15) is 0 Å². The van der Waals surface area contributed by atoms with Crippen molar-refractivity contribution in [2.24, 2.45) is 0 Å². The molecule has 0 saturated carbocycles. The summed E-state index contributed by atoms with van der Waals surface area (Å²) >= 11 is 0. The van der Waals surface area contributed by atoms with Crippen LogP contribution in [0.3, 0.4) is 0 Å². The maximum absolute atomic E-state index is 10.7. The quantitative estimate of drug-likeness (QED) is 0.506. The number of carboxylic acids is 1. The maximum atomic E-state index is 10.7. The molecule has 0 fully saturated rings. The predicted molar refractivity (Wildman–Crippen MR) is 48.8 cm³/mol. The fraction of sp³-hybridized carbons (Fsp3) is 0.222. The maximum Gasteiger partial charge on any atom is 0.369 e. The number of hydroxylamine groups is 3. The molecule has 0 aliphatic carbocycles. The van der Waals surface area contributed by atoms with Gasteiger partial charge in [-0.3, -0.25) is 0 Å². The Labute approximate surface area is 85.7 Å². The van der Waals surface area contributed by atoms with Crippen molar-refractivity contribution in [3.63, 3.8) is 0 Å². The molecule has 0 saturated heterocycles. The molecule has 1 aromatic carbocycles. The van der Waals surface area contributed by atoms with E-state index in [2.05, 4.69) is 0 Å². The van der Waals surface area contributed by atoms with Crippen LogP contribution in [-0.2, 0) is 11.2 Å². The summed E-state index contributed by atoms with van der Waals surface area (Å²) < 4.78 is 0. The lowest BCUT2D eigenvalue weighted by atomic mass is 10.1. The summed E-state index contributed by atoms with van der Waals surface area (Å²) in [6.07, 6.45) is -0.243. The van der Waals surface area contributed by atoms with Gasteiger partial charge in [0.15, 0.2) is 0 Å². The standard InChI is InChI=1S/C9H11NO5/c11-9(12)8(10(13,14)15)6-7-4-2-1-3-5-7/h1-5,8,13-14H,6H2,(H,11,12)/t8-/m0/s1. The van der Waals surface area contributed by atoms with Crippen LogP contribution < -0.4 is 0 Å². The van der Waals surface area contributed by atoms with Gasteiger partial charge in [0, 0.05) is 6.42 Å². The molecule has 82 valence electrons. The molecule has 0 amide bonds. The van der Waals surface area contributed by atoms with Crippen LogP contribution in [0.2, 0.25) is 0 Å². The first-order valence-corrected chi connectivity index (χ1v) is 4.23. The van der Waals surface area contributed by atoms with E-state index in [1.54, 1.807) is 30.3 Å². The van der Waals surface area contributed by atoms with E-state index in [-0.39, 0.29) is 6.42 Å². The number of carboxylic acid groups (broad SMARTS) is 1. The first kappa shape index (κ1) is 11.6. The second-order valence-corrected chi connectivity index (χ2v) is 3.13. The third-order valence-electron chi connectivity index (χ3n) is 1.96. The Bertz CT molecular complexity index is 332. The summed E-state index contributed by atoms with van der Waals surface area (Å²) in [6, 6.07) is 6.44. The van der Waals surface area contributed by atoms with E-state index >= 15 is 0 Å².